The molecule has 1 aliphatic heterocycles. The van der Waals surface area contributed by atoms with Crippen LogP contribution in [-0.4, -0.2) is 33.2 Å². The molecule has 0 bridgehead atoms. The molecule has 0 spiro atoms. The van der Waals surface area contributed by atoms with Crippen molar-refractivity contribution in [3.63, 3.8) is 0 Å². The highest BCUT2D eigenvalue weighted by molar-refractivity contribution is 6.06. The van der Waals surface area contributed by atoms with Crippen molar-refractivity contribution in [2.45, 2.75) is 38.1 Å². The second-order valence-corrected chi connectivity index (χ2v) is 5.13. The summed E-state index contributed by atoms with van der Waals surface area (Å²) < 4.78 is 0. The molecule has 3 rings (SSSR count). The third-order valence-corrected chi connectivity index (χ3v) is 4.32. The summed E-state index contributed by atoms with van der Waals surface area (Å²) in [7, 11) is 0. The van der Waals surface area contributed by atoms with Gasteiger partial charge in [-0.1, -0.05) is 5.57 Å². The first-order valence-electron chi connectivity index (χ1n) is 6.26. The topological polar surface area (TPSA) is 77.8 Å². The number of carboxylic acid groups (broad SMARTS) is 1. The van der Waals surface area contributed by atoms with Gasteiger partial charge in [-0.05, 0) is 37.7 Å². The molecular weight excluding hydrogens is 234 g/mol. The number of carbonyl (C=O) groups is 2. The van der Waals surface area contributed by atoms with Gasteiger partial charge in [0.05, 0.1) is 17.9 Å². The molecule has 5 nitrogen and oxygen atoms in total. The number of amides is 2. The van der Waals surface area contributed by atoms with Crippen LogP contribution in [0.3, 0.4) is 0 Å². The maximum atomic E-state index is 12.0. The molecule has 2 amide bonds. The van der Waals surface area contributed by atoms with Crippen LogP contribution >= 0.6 is 0 Å². The summed E-state index contributed by atoms with van der Waals surface area (Å²) in [4.78, 5) is 24.1. The first-order valence-corrected chi connectivity index (χ1v) is 6.26. The SMILES string of the molecule is O=C(O)N1C(=O)C(=CO)C2CC3=C(CCCC3)C21. The lowest BCUT2D eigenvalue weighted by atomic mass is 9.92. The molecule has 2 unspecified atom stereocenters. The van der Waals surface area contributed by atoms with Crippen molar-refractivity contribution in [2.24, 2.45) is 5.92 Å². The summed E-state index contributed by atoms with van der Waals surface area (Å²) in [6.45, 7) is 0. The fourth-order valence-corrected chi connectivity index (χ4v) is 3.60. The number of allylic oxidation sites excluding steroid dienone is 1. The zero-order valence-electron chi connectivity index (χ0n) is 9.93. The average molecular weight is 249 g/mol. The van der Waals surface area contributed by atoms with Crippen LogP contribution in [0.5, 0.6) is 0 Å². The van der Waals surface area contributed by atoms with Gasteiger partial charge in [-0.2, -0.15) is 0 Å². The minimum absolute atomic E-state index is 0.165. The third-order valence-electron chi connectivity index (χ3n) is 4.32. The van der Waals surface area contributed by atoms with Crippen molar-refractivity contribution in [1.82, 2.24) is 4.90 Å². The molecular formula is C13H15NO4. The minimum Gasteiger partial charge on any atom is -0.515 e. The lowest BCUT2D eigenvalue weighted by Crippen LogP contribution is -2.39. The van der Waals surface area contributed by atoms with E-state index in [0.717, 1.165) is 48.8 Å². The molecule has 1 fully saturated rings. The number of fused-ring (bicyclic) bond motifs is 2. The van der Waals surface area contributed by atoms with Crippen LogP contribution in [-0.2, 0) is 4.79 Å². The quantitative estimate of drug-likeness (QED) is 0.392. The number of carbonyl (C=O) groups excluding carboxylic acids is 1. The molecule has 0 saturated carbocycles. The molecule has 96 valence electrons. The van der Waals surface area contributed by atoms with Crippen molar-refractivity contribution in [3.8, 4) is 0 Å². The predicted molar refractivity (Wildman–Crippen MR) is 63.0 cm³/mol. The highest BCUT2D eigenvalue weighted by atomic mass is 16.4. The predicted octanol–water partition coefficient (Wildman–Crippen LogP) is 2.21. The van der Waals surface area contributed by atoms with E-state index in [1.807, 2.05) is 0 Å². The summed E-state index contributed by atoms with van der Waals surface area (Å²) in [5, 5.41) is 18.4. The fraction of sp³-hybridized carbons (Fsp3) is 0.538. The van der Waals surface area contributed by atoms with E-state index in [1.165, 1.54) is 5.57 Å². The van der Waals surface area contributed by atoms with E-state index in [2.05, 4.69) is 0 Å². The normalized spacial score (nSPS) is 33.0. The molecule has 18 heavy (non-hydrogen) atoms. The van der Waals surface area contributed by atoms with Gasteiger partial charge in [-0.25, -0.2) is 9.69 Å². The fourth-order valence-electron chi connectivity index (χ4n) is 3.60. The van der Waals surface area contributed by atoms with Crippen molar-refractivity contribution >= 4 is 12.0 Å². The Morgan fingerprint density at radius 1 is 1.33 bits per heavy atom. The number of imide groups is 1. The van der Waals surface area contributed by atoms with Crippen molar-refractivity contribution < 1.29 is 19.8 Å². The molecule has 0 aromatic heterocycles. The van der Waals surface area contributed by atoms with E-state index >= 15 is 0 Å². The Bertz CT molecular complexity index is 491. The molecule has 0 aromatic rings. The van der Waals surface area contributed by atoms with E-state index in [-0.39, 0.29) is 17.5 Å². The molecule has 0 aromatic carbocycles. The van der Waals surface area contributed by atoms with Crippen LogP contribution in [0.1, 0.15) is 32.1 Å². The number of aliphatic hydroxyl groups is 1. The number of nitrogens with zero attached hydrogens (tertiary/aromatic N) is 1. The first-order chi connectivity index (χ1) is 8.65. The van der Waals surface area contributed by atoms with Crippen molar-refractivity contribution in [1.29, 1.82) is 0 Å². The number of rotatable bonds is 0. The van der Waals surface area contributed by atoms with Gasteiger partial charge in [0.15, 0.2) is 0 Å². The van der Waals surface area contributed by atoms with Crippen LogP contribution in [0.25, 0.3) is 0 Å². The molecule has 2 N–H and O–H groups in total. The third kappa shape index (κ3) is 1.33. The van der Waals surface area contributed by atoms with Gasteiger partial charge in [-0.3, -0.25) is 4.79 Å². The monoisotopic (exact) mass is 249 g/mol. The van der Waals surface area contributed by atoms with E-state index in [4.69, 9.17) is 0 Å². The van der Waals surface area contributed by atoms with Crippen LogP contribution < -0.4 is 0 Å². The minimum atomic E-state index is -1.22. The molecule has 3 aliphatic rings. The average Bonchev–Trinajstić information content (AvgIpc) is 2.82. The molecule has 1 heterocycles. The first kappa shape index (κ1) is 11.3. The molecule has 2 atom stereocenters. The van der Waals surface area contributed by atoms with Crippen LogP contribution in [0.4, 0.5) is 4.79 Å². The van der Waals surface area contributed by atoms with E-state index in [0.29, 0.717) is 0 Å². The van der Waals surface area contributed by atoms with Gasteiger partial charge in [0.1, 0.15) is 0 Å². The highest BCUT2D eigenvalue weighted by Crippen LogP contribution is 2.49. The van der Waals surface area contributed by atoms with Gasteiger partial charge in [0.25, 0.3) is 5.91 Å². The summed E-state index contributed by atoms with van der Waals surface area (Å²) in [6, 6.07) is -0.358. The largest absolute Gasteiger partial charge is 0.515 e. The summed E-state index contributed by atoms with van der Waals surface area (Å²) in [6.07, 6.45) is 4.38. The van der Waals surface area contributed by atoms with Gasteiger partial charge < -0.3 is 10.2 Å². The van der Waals surface area contributed by atoms with Crippen molar-refractivity contribution in [2.75, 3.05) is 0 Å². The van der Waals surface area contributed by atoms with E-state index in [1.54, 1.807) is 0 Å². The van der Waals surface area contributed by atoms with Crippen LogP contribution in [0.15, 0.2) is 23.0 Å². The van der Waals surface area contributed by atoms with Crippen molar-refractivity contribution in [3.05, 3.63) is 23.0 Å². The number of hydrogen-bond donors (Lipinski definition) is 2. The zero-order chi connectivity index (χ0) is 12.9. The molecule has 2 aliphatic carbocycles. The second kappa shape index (κ2) is 3.86. The highest BCUT2D eigenvalue weighted by Gasteiger charge is 2.52. The van der Waals surface area contributed by atoms with E-state index in [9.17, 15) is 19.8 Å². The second-order valence-electron chi connectivity index (χ2n) is 5.13. The maximum Gasteiger partial charge on any atom is 0.414 e. The van der Waals surface area contributed by atoms with Gasteiger partial charge in [0.2, 0.25) is 0 Å². The Morgan fingerprint density at radius 3 is 2.72 bits per heavy atom. The Kier molecular flexibility index (Phi) is 2.43. The summed E-state index contributed by atoms with van der Waals surface area (Å²) in [5.74, 6) is -0.723. The standard InChI is InChI=1S/C13H15NO4/c15-6-10-9-5-7-3-1-2-4-8(7)11(9)14(12(10)16)13(17)18/h6,9,11,15H,1-5H2,(H,17,18). The van der Waals surface area contributed by atoms with Crippen LogP contribution in [0.2, 0.25) is 0 Å². The molecule has 1 saturated heterocycles. The Balaban J connectivity index is 2.05. The number of aliphatic hydroxyl groups excluding tert-OH is 1. The van der Waals surface area contributed by atoms with Gasteiger partial charge >= 0.3 is 6.09 Å². The lowest BCUT2D eigenvalue weighted by Gasteiger charge is -2.24. The number of hydrogen-bond acceptors (Lipinski definition) is 3. The summed E-state index contributed by atoms with van der Waals surface area (Å²) in [5.41, 5.74) is 2.67. The maximum absolute atomic E-state index is 12.0. The zero-order valence-corrected chi connectivity index (χ0v) is 9.93. The van der Waals surface area contributed by atoms with Gasteiger partial charge in [0, 0.05) is 5.92 Å². The number of likely N-dealkylation sites (tertiary alicyclic amines) is 1. The Morgan fingerprint density at radius 2 is 2.06 bits per heavy atom. The van der Waals surface area contributed by atoms with Gasteiger partial charge in [-0.15, -0.1) is 0 Å². The summed E-state index contributed by atoms with van der Waals surface area (Å²) >= 11 is 0. The smallest absolute Gasteiger partial charge is 0.414 e. The lowest BCUT2D eigenvalue weighted by molar-refractivity contribution is -0.123. The molecule has 5 heteroatoms. The van der Waals surface area contributed by atoms with E-state index < -0.39 is 12.0 Å². The van der Waals surface area contributed by atoms with Crippen LogP contribution in [0, 0.1) is 5.92 Å². The molecule has 0 radical (unpaired) electrons. The Labute approximate surface area is 104 Å². The Hall–Kier alpha value is -1.78.